The molecule has 1 aromatic rings. The van der Waals surface area contributed by atoms with E-state index in [0.29, 0.717) is 0 Å². The van der Waals surface area contributed by atoms with Crippen LogP contribution in [-0.2, 0) is 0 Å². The lowest BCUT2D eigenvalue weighted by molar-refractivity contribution is -0.0556. The first-order valence-corrected chi connectivity index (χ1v) is 8.00. The maximum Gasteiger partial charge on any atom is 0.439 e. The Morgan fingerprint density at radius 2 is 2.00 bits per heavy atom. The maximum absolute atomic E-state index is 13.1. The van der Waals surface area contributed by atoms with E-state index in [-0.39, 0.29) is 11.7 Å². The van der Waals surface area contributed by atoms with Gasteiger partial charge in [0.05, 0.1) is 6.20 Å². The van der Waals surface area contributed by atoms with Crippen LogP contribution in [0.25, 0.3) is 0 Å². The number of aromatic nitrogens is 2. The molecule has 20 heavy (non-hydrogen) atoms. The monoisotopic (exact) mass is 307 g/mol. The Hall–Kier alpha value is -1.02. The largest absolute Gasteiger partial charge is 0.439 e. The third kappa shape index (κ3) is 2.35. The predicted molar refractivity (Wildman–Crippen MR) is 72.3 cm³/mol. The van der Waals surface area contributed by atoms with Crippen LogP contribution in [0.5, 0.6) is 0 Å². The van der Waals surface area contributed by atoms with Gasteiger partial charge in [0.15, 0.2) is 10.9 Å². The third-order valence-corrected chi connectivity index (χ3v) is 6.33. The molecule has 0 aromatic carbocycles. The summed E-state index contributed by atoms with van der Waals surface area (Å²) < 4.78 is 40.8. The molecular formula is C12H16F3N3OS. The van der Waals surface area contributed by atoms with Gasteiger partial charge in [0, 0.05) is 0 Å². The van der Waals surface area contributed by atoms with Crippen LogP contribution < -0.4 is 0 Å². The van der Waals surface area contributed by atoms with Gasteiger partial charge in [0.2, 0.25) is 0 Å². The number of imidazole rings is 1. The average Bonchev–Trinajstić information content (AvgIpc) is 2.98. The number of hydrogen-bond acceptors (Lipinski definition) is 3. The predicted octanol–water partition coefficient (Wildman–Crippen LogP) is 3.15. The lowest BCUT2D eigenvalue weighted by Crippen LogP contribution is -2.32. The van der Waals surface area contributed by atoms with Crippen LogP contribution in [0.4, 0.5) is 19.0 Å². The van der Waals surface area contributed by atoms with E-state index in [0.717, 1.165) is 32.1 Å². The molecule has 1 aliphatic carbocycles. The standard InChI is InChI=1S/C12H16F3N3OS/c13-12(14,15)11-17-9-6-16-7-18(9)20(11)10(19)8-4-2-1-3-5-8/h6-8,10,19-20H,1-5H2/t10-/m0/s1. The van der Waals surface area contributed by atoms with Gasteiger partial charge in [-0.1, -0.05) is 30.3 Å². The van der Waals surface area contributed by atoms with E-state index in [2.05, 4.69) is 9.98 Å². The second-order valence-electron chi connectivity index (χ2n) is 5.19. The van der Waals surface area contributed by atoms with Gasteiger partial charge in [0.1, 0.15) is 11.8 Å². The number of aliphatic imine (C=N–C) groups is 1. The summed E-state index contributed by atoms with van der Waals surface area (Å²) in [5.41, 5.74) is -0.999. The molecule has 1 aliphatic heterocycles. The highest BCUT2D eigenvalue weighted by atomic mass is 32.2. The minimum atomic E-state index is -4.50. The van der Waals surface area contributed by atoms with Gasteiger partial charge in [-0.05, 0) is 18.8 Å². The topological polar surface area (TPSA) is 50.4 Å². The molecule has 3 rings (SSSR count). The van der Waals surface area contributed by atoms with Gasteiger partial charge in [-0.2, -0.15) is 13.2 Å². The number of aliphatic hydroxyl groups is 1. The summed E-state index contributed by atoms with van der Waals surface area (Å²) in [6.07, 6.45) is 2.76. The van der Waals surface area contributed by atoms with Crippen molar-refractivity contribution in [3.05, 3.63) is 12.5 Å². The van der Waals surface area contributed by atoms with Gasteiger partial charge < -0.3 is 5.11 Å². The van der Waals surface area contributed by atoms with Crippen molar-refractivity contribution < 1.29 is 18.3 Å². The molecule has 1 fully saturated rings. The van der Waals surface area contributed by atoms with Gasteiger partial charge >= 0.3 is 6.18 Å². The number of alkyl halides is 3. The van der Waals surface area contributed by atoms with Crippen molar-refractivity contribution in [2.45, 2.75) is 43.7 Å². The van der Waals surface area contributed by atoms with Crippen LogP contribution in [0.2, 0.25) is 0 Å². The zero-order valence-corrected chi connectivity index (χ0v) is 11.6. The quantitative estimate of drug-likeness (QED) is 0.825. The van der Waals surface area contributed by atoms with Gasteiger partial charge in [0.25, 0.3) is 0 Å². The zero-order valence-electron chi connectivity index (χ0n) is 10.7. The smallest absolute Gasteiger partial charge is 0.382 e. The van der Waals surface area contributed by atoms with Crippen LogP contribution in [0, 0.1) is 5.92 Å². The van der Waals surface area contributed by atoms with E-state index in [9.17, 15) is 18.3 Å². The molecule has 2 aliphatic rings. The molecular weight excluding hydrogens is 291 g/mol. The van der Waals surface area contributed by atoms with Crippen molar-refractivity contribution in [2.24, 2.45) is 10.9 Å². The number of thiol groups is 1. The van der Waals surface area contributed by atoms with Crippen LogP contribution in [0.1, 0.15) is 32.1 Å². The Morgan fingerprint density at radius 1 is 1.30 bits per heavy atom. The van der Waals surface area contributed by atoms with E-state index in [4.69, 9.17) is 0 Å². The van der Waals surface area contributed by atoms with Gasteiger partial charge in [-0.15, -0.1) is 0 Å². The molecule has 0 spiro atoms. The molecule has 1 unspecified atom stereocenters. The van der Waals surface area contributed by atoms with Crippen molar-refractivity contribution in [1.29, 1.82) is 0 Å². The van der Waals surface area contributed by atoms with Crippen molar-refractivity contribution in [2.75, 3.05) is 0 Å². The highest BCUT2D eigenvalue weighted by Crippen LogP contribution is 2.52. The van der Waals surface area contributed by atoms with E-state index < -0.39 is 27.7 Å². The molecule has 112 valence electrons. The van der Waals surface area contributed by atoms with Crippen LogP contribution >= 0.6 is 11.1 Å². The third-order valence-electron chi connectivity index (χ3n) is 3.85. The Balaban J connectivity index is 1.91. The SMILES string of the molecule is O[C@H](C1CCCCC1)[SH]1C(C(F)(F)F)=Nc2cncn21. The second kappa shape index (κ2) is 5.07. The van der Waals surface area contributed by atoms with Crippen LogP contribution in [0.15, 0.2) is 17.5 Å². The van der Waals surface area contributed by atoms with Gasteiger partial charge in [-0.3, -0.25) is 3.97 Å². The summed E-state index contributed by atoms with van der Waals surface area (Å²) in [5.74, 6) is 0.119. The summed E-state index contributed by atoms with van der Waals surface area (Å²) in [7, 11) is 0. The summed E-state index contributed by atoms with van der Waals surface area (Å²) >= 11 is -1.92. The summed E-state index contributed by atoms with van der Waals surface area (Å²) in [4.78, 5) is 7.47. The Kier molecular flexibility index (Phi) is 3.53. The number of fused-ring (bicyclic) bond motifs is 1. The highest BCUT2D eigenvalue weighted by molar-refractivity contribution is 8.29. The van der Waals surface area contributed by atoms with Crippen LogP contribution in [-0.4, -0.2) is 30.7 Å². The fourth-order valence-corrected chi connectivity index (χ4v) is 5.23. The van der Waals surface area contributed by atoms with Crippen molar-refractivity contribution in [3.8, 4) is 0 Å². The fourth-order valence-electron chi connectivity index (χ4n) is 2.87. The van der Waals surface area contributed by atoms with Crippen molar-refractivity contribution in [1.82, 2.24) is 8.96 Å². The highest BCUT2D eigenvalue weighted by Gasteiger charge is 2.47. The van der Waals surface area contributed by atoms with E-state index in [1.165, 1.54) is 16.5 Å². The molecule has 2 atom stereocenters. The van der Waals surface area contributed by atoms with E-state index >= 15 is 0 Å². The molecule has 1 aromatic heterocycles. The zero-order chi connectivity index (χ0) is 14.3. The Labute approximate surface area is 117 Å². The Morgan fingerprint density at radius 3 is 2.65 bits per heavy atom. The second-order valence-corrected chi connectivity index (χ2v) is 7.26. The molecule has 0 bridgehead atoms. The lowest BCUT2D eigenvalue weighted by Gasteiger charge is -2.34. The van der Waals surface area contributed by atoms with Crippen molar-refractivity contribution >= 4 is 21.9 Å². The fraction of sp³-hybridized carbons (Fsp3) is 0.667. The molecule has 0 radical (unpaired) electrons. The Bertz CT molecular complexity index is 522. The molecule has 4 nitrogen and oxygen atoms in total. The maximum atomic E-state index is 13.1. The molecule has 0 amide bonds. The average molecular weight is 307 g/mol. The number of aliphatic hydroxyl groups excluding tert-OH is 1. The minimum absolute atomic E-state index is 0.0734. The van der Waals surface area contributed by atoms with Gasteiger partial charge in [-0.25, -0.2) is 9.98 Å². The number of nitrogens with zero attached hydrogens (tertiary/aromatic N) is 3. The number of hydrogen-bond donors (Lipinski definition) is 2. The van der Waals surface area contributed by atoms with Crippen LogP contribution in [0.3, 0.4) is 0 Å². The summed E-state index contributed by atoms with van der Waals surface area (Å²) in [6, 6.07) is 0. The lowest BCUT2D eigenvalue weighted by atomic mass is 9.90. The molecule has 8 heteroatoms. The van der Waals surface area contributed by atoms with E-state index in [1.54, 1.807) is 0 Å². The van der Waals surface area contributed by atoms with Crippen molar-refractivity contribution in [3.63, 3.8) is 0 Å². The van der Waals surface area contributed by atoms with E-state index in [1.807, 2.05) is 0 Å². The first-order chi connectivity index (χ1) is 9.48. The summed E-state index contributed by atoms with van der Waals surface area (Å²) in [6.45, 7) is 0. The normalized spacial score (nSPS) is 27.2. The number of rotatable bonds is 2. The molecule has 1 N–H and O–H groups in total. The first kappa shape index (κ1) is 13.9. The molecule has 0 saturated heterocycles. The minimum Gasteiger partial charge on any atom is -0.382 e. The summed E-state index contributed by atoms with van der Waals surface area (Å²) in [5, 5.41) is 9.63. The first-order valence-electron chi connectivity index (χ1n) is 6.64. The molecule has 2 heterocycles. The number of halogens is 3. The molecule has 1 saturated carbocycles.